The highest BCUT2D eigenvalue weighted by Gasteiger charge is 2.37. The summed E-state index contributed by atoms with van der Waals surface area (Å²) in [7, 11) is 0. The third-order valence-corrected chi connectivity index (χ3v) is 1.40. The van der Waals surface area contributed by atoms with Gasteiger partial charge in [0.2, 0.25) is 5.91 Å². The monoisotopic (exact) mass is 223 g/mol. The van der Waals surface area contributed by atoms with Gasteiger partial charge in [0.15, 0.2) is 6.10 Å². The zero-order valence-corrected chi connectivity index (χ0v) is 8.08. The van der Waals surface area contributed by atoms with Crippen molar-refractivity contribution in [2.24, 2.45) is 0 Å². The minimum atomic E-state index is -4.71. The van der Waals surface area contributed by atoms with Crippen molar-refractivity contribution in [1.29, 1.82) is 0 Å². The first-order valence-electron chi connectivity index (χ1n) is 4.20. The van der Waals surface area contributed by atoms with Crippen molar-refractivity contribution in [3.8, 4) is 0 Å². The third kappa shape index (κ3) is 6.73. The number of aliphatic hydroxyl groups excluding tert-OH is 1. The minimum Gasteiger partial charge on any atom is -0.382 e. The Balaban J connectivity index is 3.91. The largest absolute Gasteiger partial charge is 0.416 e. The lowest BCUT2D eigenvalue weighted by Crippen LogP contribution is -2.40. The number of amides is 1. The van der Waals surface area contributed by atoms with Crippen LogP contribution in [0.2, 0.25) is 0 Å². The third-order valence-electron chi connectivity index (χ3n) is 1.40. The highest BCUT2D eigenvalue weighted by molar-refractivity contribution is 5.87. The fourth-order valence-corrected chi connectivity index (χ4v) is 0.626. The molecule has 0 rings (SSSR count). The van der Waals surface area contributed by atoms with Crippen LogP contribution in [0.25, 0.3) is 0 Å². The minimum absolute atomic E-state index is 0.684. The van der Waals surface area contributed by atoms with E-state index >= 15 is 0 Å². The van der Waals surface area contributed by atoms with Crippen LogP contribution in [0.5, 0.6) is 0 Å². The molecular formula is C9H12F3NO2. The molecule has 0 radical (unpaired) electrons. The first-order valence-corrected chi connectivity index (χ1v) is 4.20. The predicted octanol–water partition coefficient (Wildman–Crippen LogP) is 1.16. The maximum absolute atomic E-state index is 11.8. The molecule has 0 spiro atoms. The molecule has 3 nitrogen and oxygen atoms in total. The molecule has 0 aromatic heterocycles. The summed E-state index contributed by atoms with van der Waals surface area (Å²) in [5.41, 5.74) is 0. The van der Waals surface area contributed by atoms with Crippen LogP contribution >= 0.6 is 0 Å². The van der Waals surface area contributed by atoms with Crippen LogP contribution in [-0.4, -0.2) is 29.8 Å². The summed E-state index contributed by atoms with van der Waals surface area (Å²) in [4.78, 5) is 10.8. The highest BCUT2D eigenvalue weighted by atomic mass is 19.4. The first kappa shape index (κ1) is 13.7. The SMILES string of the molecule is CC=CC=CC(=O)NCC(O)C(F)(F)F. The van der Waals surface area contributed by atoms with Crippen molar-refractivity contribution in [3.05, 3.63) is 24.3 Å². The van der Waals surface area contributed by atoms with E-state index in [1.165, 1.54) is 6.08 Å². The molecule has 6 heteroatoms. The highest BCUT2D eigenvalue weighted by Crippen LogP contribution is 2.18. The average molecular weight is 223 g/mol. The number of aliphatic hydroxyl groups is 1. The van der Waals surface area contributed by atoms with Gasteiger partial charge in [0.25, 0.3) is 0 Å². The van der Waals surface area contributed by atoms with Crippen molar-refractivity contribution < 1.29 is 23.1 Å². The predicted molar refractivity (Wildman–Crippen MR) is 49.0 cm³/mol. The molecule has 1 unspecified atom stereocenters. The van der Waals surface area contributed by atoms with Crippen LogP contribution in [0.15, 0.2) is 24.3 Å². The van der Waals surface area contributed by atoms with Gasteiger partial charge in [0.05, 0.1) is 6.54 Å². The molecule has 0 aliphatic heterocycles. The molecular weight excluding hydrogens is 211 g/mol. The van der Waals surface area contributed by atoms with Crippen molar-refractivity contribution in [3.63, 3.8) is 0 Å². The van der Waals surface area contributed by atoms with E-state index < -0.39 is 24.7 Å². The quantitative estimate of drug-likeness (QED) is 0.555. The van der Waals surface area contributed by atoms with Crippen LogP contribution in [-0.2, 0) is 4.79 Å². The van der Waals surface area contributed by atoms with E-state index in [1.54, 1.807) is 19.1 Å². The molecule has 0 aromatic rings. The molecule has 0 aromatic carbocycles. The molecule has 1 atom stereocenters. The van der Waals surface area contributed by atoms with Crippen LogP contribution in [0.1, 0.15) is 6.92 Å². The second kappa shape index (κ2) is 6.23. The Hall–Kier alpha value is -1.30. The molecule has 0 aliphatic rings. The van der Waals surface area contributed by atoms with Gasteiger partial charge in [-0.05, 0) is 6.92 Å². The number of allylic oxidation sites excluding steroid dienone is 3. The van der Waals surface area contributed by atoms with Crippen molar-refractivity contribution in [2.75, 3.05) is 6.54 Å². The van der Waals surface area contributed by atoms with E-state index in [1.807, 2.05) is 5.32 Å². The molecule has 0 heterocycles. The molecule has 0 saturated carbocycles. The Morgan fingerprint density at radius 1 is 1.47 bits per heavy atom. The molecule has 0 aliphatic carbocycles. The topological polar surface area (TPSA) is 49.3 Å². The molecule has 1 amide bonds. The Morgan fingerprint density at radius 2 is 2.07 bits per heavy atom. The normalized spacial score (nSPS) is 14.7. The van der Waals surface area contributed by atoms with Crippen LogP contribution < -0.4 is 5.32 Å². The standard InChI is InChI=1S/C9H12F3NO2/c1-2-3-4-5-8(15)13-6-7(14)9(10,11)12/h2-5,7,14H,6H2,1H3,(H,13,15). The Bertz CT molecular complexity index is 259. The van der Waals surface area contributed by atoms with E-state index in [0.29, 0.717) is 0 Å². The number of carbonyl (C=O) groups is 1. The summed E-state index contributed by atoms with van der Waals surface area (Å²) in [6, 6.07) is 0. The van der Waals surface area contributed by atoms with Crippen molar-refractivity contribution in [1.82, 2.24) is 5.32 Å². The molecule has 0 saturated heterocycles. The van der Waals surface area contributed by atoms with Crippen molar-refractivity contribution >= 4 is 5.91 Å². The number of alkyl halides is 3. The second-order valence-corrected chi connectivity index (χ2v) is 2.69. The van der Waals surface area contributed by atoms with Gasteiger partial charge in [-0.3, -0.25) is 4.79 Å². The van der Waals surface area contributed by atoms with Crippen LogP contribution in [0.4, 0.5) is 13.2 Å². The van der Waals surface area contributed by atoms with Gasteiger partial charge in [-0.1, -0.05) is 18.2 Å². The Kier molecular flexibility index (Phi) is 5.69. The number of nitrogens with one attached hydrogen (secondary N) is 1. The van der Waals surface area contributed by atoms with E-state index in [-0.39, 0.29) is 0 Å². The summed E-state index contributed by atoms with van der Waals surface area (Å²) in [5, 5.41) is 10.4. The van der Waals surface area contributed by atoms with Gasteiger partial charge in [-0.2, -0.15) is 13.2 Å². The van der Waals surface area contributed by atoms with Crippen LogP contribution in [0.3, 0.4) is 0 Å². The lowest BCUT2D eigenvalue weighted by molar-refractivity contribution is -0.201. The fraction of sp³-hybridized carbons (Fsp3) is 0.444. The average Bonchev–Trinajstić information content (AvgIpc) is 2.13. The fourth-order valence-electron chi connectivity index (χ4n) is 0.626. The number of halogens is 3. The Morgan fingerprint density at radius 3 is 2.53 bits per heavy atom. The number of hydrogen-bond acceptors (Lipinski definition) is 2. The maximum Gasteiger partial charge on any atom is 0.416 e. The molecule has 15 heavy (non-hydrogen) atoms. The second-order valence-electron chi connectivity index (χ2n) is 2.69. The summed E-state index contributed by atoms with van der Waals surface area (Å²) in [6.45, 7) is 0.887. The lowest BCUT2D eigenvalue weighted by Gasteiger charge is -2.13. The summed E-state index contributed by atoms with van der Waals surface area (Å²) in [5.74, 6) is -0.684. The number of carbonyl (C=O) groups excluding carboxylic acids is 1. The number of rotatable bonds is 4. The number of hydrogen-bond donors (Lipinski definition) is 2. The summed E-state index contributed by atoms with van der Waals surface area (Å²) in [6.07, 6.45) is -1.57. The van der Waals surface area contributed by atoms with Gasteiger partial charge < -0.3 is 10.4 Å². The van der Waals surface area contributed by atoms with Gasteiger partial charge in [-0.25, -0.2) is 0 Å². The molecule has 2 N–H and O–H groups in total. The van der Waals surface area contributed by atoms with E-state index in [2.05, 4.69) is 0 Å². The molecule has 0 fully saturated rings. The molecule has 86 valence electrons. The molecule has 0 bridgehead atoms. The van der Waals surface area contributed by atoms with Gasteiger partial charge in [0, 0.05) is 6.08 Å². The van der Waals surface area contributed by atoms with E-state index in [0.717, 1.165) is 6.08 Å². The van der Waals surface area contributed by atoms with Gasteiger partial charge in [-0.15, -0.1) is 0 Å². The van der Waals surface area contributed by atoms with E-state index in [4.69, 9.17) is 5.11 Å². The van der Waals surface area contributed by atoms with Crippen LogP contribution in [0, 0.1) is 0 Å². The van der Waals surface area contributed by atoms with Crippen molar-refractivity contribution in [2.45, 2.75) is 19.2 Å². The smallest absolute Gasteiger partial charge is 0.382 e. The van der Waals surface area contributed by atoms with Gasteiger partial charge >= 0.3 is 6.18 Å². The summed E-state index contributed by atoms with van der Waals surface area (Å²) >= 11 is 0. The van der Waals surface area contributed by atoms with E-state index in [9.17, 15) is 18.0 Å². The zero-order chi connectivity index (χ0) is 11.9. The summed E-state index contributed by atoms with van der Waals surface area (Å²) < 4.78 is 35.3. The maximum atomic E-state index is 11.8. The van der Waals surface area contributed by atoms with Gasteiger partial charge in [0.1, 0.15) is 0 Å². The lowest BCUT2D eigenvalue weighted by atomic mass is 10.3. The zero-order valence-electron chi connectivity index (χ0n) is 8.08. The Labute approximate surface area is 85.3 Å². The first-order chi connectivity index (χ1) is 6.88.